The van der Waals surface area contributed by atoms with Crippen molar-refractivity contribution in [3.63, 3.8) is 0 Å². The van der Waals surface area contributed by atoms with Crippen LogP contribution in [0.5, 0.6) is 0 Å². The number of nitrogens with one attached hydrogen (secondary N) is 1. The van der Waals surface area contributed by atoms with Crippen LogP contribution in [0.25, 0.3) is 0 Å². The Hall–Kier alpha value is -3.54. The molecule has 1 fully saturated rings. The number of anilines is 2. The lowest BCUT2D eigenvalue weighted by atomic mass is 9.99. The van der Waals surface area contributed by atoms with Crippen LogP contribution in [0.1, 0.15) is 59.0 Å². The molecule has 0 unspecified atom stereocenters. The predicted molar refractivity (Wildman–Crippen MR) is 135 cm³/mol. The zero-order chi connectivity index (χ0) is 24.2. The van der Waals surface area contributed by atoms with Gasteiger partial charge in [-0.2, -0.15) is 0 Å². The van der Waals surface area contributed by atoms with E-state index < -0.39 is 6.04 Å². The van der Waals surface area contributed by atoms with E-state index in [2.05, 4.69) is 5.32 Å². The van der Waals surface area contributed by atoms with E-state index in [9.17, 15) is 9.59 Å². The first-order valence-electron chi connectivity index (χ1n) is 11.9. The van der Waals surface area contributed by atoms with Gasteiger partial charge in [0.2, 0.25) is 5.91 Å². The molecule has 1 heterocycles. The second-order valence-corrected chi connectivity index (χ2v) is 9.25. The van der Waals surface area contributed by atoms with E-state index >= 15 is 0 Å². The number of hydrogen-bond donors (Lipinski definition) is 1. The quantitative estimate of drug-likeness (QED) is 0.513. The lowest BCUT2D eigenvalue weighted by Crippen LogP contribution is -2.46. The van der Waals surface area contributed by atoms with Gasteiger partial charge >= 0.3 is 0 Å². The van der Waals surface area contributed by atoms with Gasteiger partial charge < -0.3 is 14.6 Å². The van der Waals surface area contributed by atoms with Gasteiger partial charge in [0, 0.05) is 31.5 Å². The maximum absolute atomic E-state index is 13.9. The largest absolute Gasteiger partial charge is 0.459 e. The number of benzene rings is 2. The Labute approximate surface area is 201 Å². The Morgan fingerprint density at radius 3 is 2.29 bits per heavy atom. The SMILES string of the molecule is Cc1cccc(N(C(=O)c2ccco2)[C@H](C(=O)NC2CCCC2)c2ccc(N(C)C)cc2)c1C. The second-order valence-electron chi connectivity index (χ2n) is 9.25. The summed E-state index contributed by atoms with van der Waals surface area (Å²) in [6.45, 7) is 3.99. The molecule has 178 valence electrons. The normalized spacial score (nSPS) is 14.6. The molecule has 1 aromatic heterocycles. The fraction of sp³-hybridized carbons (Fsp3) is 0.357. The summed E-state index contributed by atoms with van der Waals surface area (Å²) in [4.78, 5) is 31.3. The molecule has 3 aromatic rings. The molecule has 0 radical (unpaired) electrons. The molecule has 6 heteroatoms. The first-order chi connectivity index (χ1) is 16.4. The molecule has 0 bridgehead atoms. The van der Waals surface area contributed by atoms with Gasteiger partial charge in [-0.3, -0.25) is 14.5 Å². The third kappa shape index (κ3) is 4.86. The third-order valence-electron chi connectivity index (χ3n) is 6.72. The molecule has 1 N–H and O–H groups in total. The van der Waals surface area contributed by atoms with Crippen LogP contribution in [0.4, 0.5) is 11.4 Å². The summed E-state index contributed by atoms with van der Waals surface area (Å²) < 4.78 is 5.49. The first-order valence-corrected chi connectivity index (χ1v) is 11.9. The van der Waals surface area contributed by atoms with Crippen molar-refractivity contribution in [2.45, 2.75) is 51.6 Å². The van der Waals surface area contributed by atoms with Crippen LogP contribution in [0.3, 0.4) is 0 Å². The second kappa shape index (κ2) is 10.2. The molecule has 2 amide bonds. The van der Waals surface area contributed by atoms with E-state index in [1.807, 2.05) is 75.3 Å². The maximum atomic E-state index is 13.9. The Morgan fingerprint density at radius 1 is 0.971 bits per heavy atom. The van der Waals surface area contributed by atoms with Crippen LogP contribution in [-0.2, 0) is 4.79 Å². The summed E-state index contributed by atoms with van der Waals surface area (Å²) >= 11 is 0. The minimum Gasteiger partial charge on any atom is -0.459 e. The van der Waals surface area contributed by atoms with Crippen molar-refractivity contribution < 1.29 is 14.0 Å². The number of amides is 2. The minimum atomic E-state index is -0.838. The Morgan fingerprint density at radius 2 is 1.68 bits per heavy atom. The van der Waals surface area contributed by atoms with Crippen molar-refractivity contribution in [3.05, 3.63) is 83.3 Å². The van der Waals surface area contributed by atoms with Crippen LogP contribution in [-0.4, -0.2) is 32.0 Å². The van der Waals surface area contributed by atoms with Crippen LogP contribution in [0, 0.1) is 13.8 Å². The maximum Gasteiger partial charge on any atom is 0.294 e. The molecule has 1 aliphatic carbocycles. The van der Waals surface area contributed by atoms with E-state index in [1.54, 1.807) is 17.0 Å². The van der Waals surface area contributed by atoms with Crippen molar-refractivity contribution in [2.75, 3.05) is 23.9 Å². The fourth-order valence-electron chi connectivity index (χ4n) is 4.60. The third-order valence-corrected chi connectivity index (χ3v) is 6.72. The summed E-state index contributed by atoms with van der Waals surface area (Å²) in [7, 11) is 3.95. The van der Waals surface area contributed by atoms with Crippen LogP contribution in [0.2, 0.25) is 0 Å². The number of rotatable bonds is 7. The van der Waals surface area contributed by atoms with Gasteiger partial charge in [0.1, 0.15) is 6.04 Å². The van der Waals surface area contributed by atoms with E-state index in [4.69, 9.17) is 4.42 Å². The molecule has 1 atom stereocenters. The number of furan rings is 1. The van der Waals surface area contributed by atoms with Gasteiger partial charge in [-0.25, -0.2) is 0 Å². The van der Waals surface area contributed by atoms with Gasteiger partial charge in [-0.15, -0.1) is 0 Å². The zero-order valence-electron chi connectivity index (χ0n) is 20.4. The van der Waals surface area contributed by atoms with Crippen molar-refractivity contribution in [2.24, 2.45) is 0 Å². The highest BCUT2D eigenvalue weighted by Gasteiger charge is 2.36. The van der Waals surface area contributed by atoms with E-state index in [-0.39, 0.29) is 23.6 Å². The lowest BCUT2D eigenvalue weighted by Gasteiger charge is -2.33. The molecule has 1 saturated carbocycles. The van der Waals surface area contributed by atoms with Crippen molar-refractivity contribution >= 4 is 23.2 Å². The van der Waals surface area contributed by atoms with Gasteiger partial charge in [-0.05, 0) is 73.7 Å². The van der Waals surface area contributed by atoms with Crippen LogP contribution >= 0.6 is 0 Å². The number of carbonyl (C=O) groups is 2. The Kier molecular flexibility index (Phi) is 7.06. The summed E-state index contributed by atoms with van der Waals surface area (Å²) in [5.41, 5.74) is 4.47. The number of hydrogen-bond acceptors (Lipinski definition) is 4. The molecule has 6 nitrogen and oxygen atoms in total. The average molecular weight is 460 g/mol. The first kappa shape index (κ1) is 23.6. The average Bonchev–Trinajstić information content (AvgIpc) is 3.54. The highest BCUT2D eigenvalue weighted by Crippen LogP contribution is 2.34. The lowest BCUT2D eigenvalue weighted by molar-refractivity contribution is -0.123. The molecule has 1 aliphatic rings. The van der Waals surface area contributed by atoms with Crippen molar-refractivity contribution in [3.8, 4) is 0 Å². The topological polar surface area (TPSA) is 65.8 Å². The number of carbonyl (C=O) groups excluding carboxylic acids is 2. The summed E-state index contributed by atoms with van der Waals surface area (Å²) in [6.07, 6.45) is 5.63. The molecule has 4 rings (SSSR count). The van der Waals surface area contributed by atoms with Gasteiger partial charge in [0.25, 0.3) is 5.91 Å². The molecule has 2 aromatic carbocycles. The molecular formula is C28H33N3O3. The fourth-order valence-corrected chi connectivity index (χ4v) is 4.60. The van der Waals surface area contributed by atoms with E-state index in [0.717, 1.165) is 48.1 Å². The van der Waals surface area contributed by atoms with Crippen LogP contribution in [0.15, 0.2) is 65.3 Å². The molecule has 34 heavy (non-hydrogen) atoms. The van der Waals surface area contributed by atoms with Gasteiger partial charge in [-0.1, -0.05) is 37.1 Å². The molecule has 0 saturated heterocycles. The molecule has 0 aliphatic heterocycles. The Bertz CT molecular complexity index is 1130. The van der Waals surface area contributed by atoms with Crippen LogP contribution < -0.4 is 15.1 Å². The van der Waals surface area contributed by atoms with Crippen molar-refractivity contribution in [1.82, 2.24) is 5.32 Å². The standard InChI is InChI=1S/C28H33N3O3/c1-19-9-7-12-24(20(19)2)31(28(33)25-13-8-18-34-25)26(27(32)29-22-10-5-6-11-22)21-14-16-23(17-15-21)30(3)4/h7-9,12-18,22,26H,5-6,10-11H2,1-4H3,(H,29,32)/t26-/m0/s1. The summed E-state index contributed by atoms with van der Waals surface area (Å²) in [6, 6.07) is 16.3. The van der Waals surface area contributed by atoms with Crippen molar-refractivity contribution in [1.29, 1.82) is 0 Å². The monoisotopic (exact) mass is 459 g/mol. The summed E-state index contributed by atoms with van der Waals surface area (Å²) in [5.74, 6) is -0.322. The molecular weight excluding hydrogens is 426 g/mol. The Balaban J connectivity index is 1.84. The van der Waals surface area contributed by atoms with Gasteiger partial charge in [0.05, 0.1) is 6.26 Å². The molecule has 0 spiro atoms. The highest BCUT2D eigenvalue weighted by molar-refractivity contribution is 6.09. The zero-order valence-corrected chi connectivity index (χ0v) is 20.4. The highest BCUT2D eigenvalue weighted by atomic mass is 16.3. The number of nitrogens with zero attached hydrogens (tertiary/aromatic N) is 2. The summed E-state index contributed by atoms with van der Waals surface area (Å²) in [5, 5.41) is 3.23. The van der Waals surface area contributed by atoms with E-state index in [1.165, 1.54) is 6.26 Å². The smallest absolute Gasteiger partial charge is 0.294 e. The predicted octanol–water partition coefficient (Wildman–Crippen LogP) is 5.41. The van der Waals surface area contributed by atoms with E-state index in [0.29, 0.717) is 5.69 Å². The minimum absolute atomic E-state index is 0.134. The van der Waals surface area contributed by atoms with Gasteiger partial charge in [0.15, 0.2) is 5.76 Å². The number of aryl methyl sites for hydroxylation is 1.